The van der Waals surface area contributed by atoms with Crippen molar-refractivity contribution in [2.45, 2.75) is 13.5 Å². The van der Waals surface area contributed by atoms with Crippen molar-refractivity contribution in [3.05, 3.63) is 52.3 Å². The number of allylic oxidation sites excluding steroid dienone is 1. The minimum absolute atomic E-state index is 0.146. The van der Waals surface area contributed by atoms with Gasteiger partial charge in [0.1, 0.15) is 12.3 Å². The Morgan fingerprint density at radius 2 is 1.85 bits per heavy atom. The van der Waals surface area contributed by atoms with Crippen molar-refractivity contribution >= 4 is 11.9 Å². The molecule has 0 saturated carbocycles. The number of Topliss-reactive ketones (excluding diaryl/α,β-unsaturated/α-hetero) is 1. The number of fused-ring (bicyclic) bond motifs is 1. The third kappa shape index (κ3) is 3.48. The van der Waals surface area contributed by atoms with Crippen molar-refractivity contribution in [1.29, 1.82) is 0 Å². The van der Waals surface area contributed by atoms with Gasteiger partial charge in [-0.25, -0.2) is 0 Å². The Kier molecular flexibility index (Phi) is 5.10. The maximum atomic E-state index is 12.9. The average Bonchev–Trinajstić information content (AvgIpc) is 2.95. The van der Waals surface area contributed by atoms with Gasteiger partial charge in [0.15, 0.2) is 23.0 Å². The van der Waals surface area contributed by atoms with Crippen LogP contribution < -0.4 is 19.1 Å². The van der Waals surface area contributed by atoms with E-state index in [2.05, 4.69) is 0 Å². The molecule has 2 aromatic rings. The molecule has 0 amide bonds. The summed E-state index contributed by atoms with van der Waals surface area (Å²) in [4.78, 5) is 14.0. The number of benzene rings is 2. The Morgan fingerprint density at radius 3 is 2.48 bits per heavy atom. The molecule has 0 bridgehead atoms. The van der Waals surface area contributed by atoms with Crippen LogP contribution in [0.4, 0.5) is 0 Å². The van der Waals surface area contributed by atoms with Gasteiger partial charge in [0.2, 0.25) is 5.78 Å². The summed E-state index contributed by atoms with van der Waals surface area (Å²) in [7, 11) is 7.08. The number of quaternary nitrogens is 1. The van der Waals surface area contributed by atoms with Crippen molar-refractivity contribution < 1.29 is 29.0 Å². The van der Waals surface area contributed by atoms with Crippen LogP contribution in [0.5, 0.6) is 23.0 Å². The smallest absolute Gasteiger partial charge is 0.232 e. The number of rotatable bonds is 5. The number of phenolic OH excluding ortho intramolecular Hbond substituents is 1. The van der Waals surface area contributed by atoms with E-state index in [9.17, 15) is 9.90 Å². The summed E-state index contributed by atoms with van der Waals surface area (Å²) < 4.78 is 16.5. The first kappa shape index (κ1) is 18.8. The van der Waals surface area contributed by atoms with Crippen LogP contribution in [0.2, 0.25) is 0 Å². The van der Waals surface area contributed by atoms with E-state index >= 15 is 0 Å². The third-order valence-corrected chi connectivity index (χ3v) is 4.46. The van der Waals surface area contributed by atoms with Crippen LogP contribution in [0.25, 0.3) is 6.08 Å². The summed E-state index contributed by atoms with van der Waals surface area (Å²) in [5, 5.41) is 10.3. The second kappa shape index (κ2) is 7.32. The molecule has 0 fully saturated rings. The summed E-state index contributed by atoms with van der Waals surface area (Å²) >= 11 is 0. The quantitative estimate of drug-likeness (QED) is 0.788. The Morgan fingerprint density at radius 1 is 1.15 bits per heavy atom. The zero-order valence-electron chi connectivity index (χ0n) is 16.2. The summed E-state index contributed by atoms with van der Waals surface area (Å²) in [5.74, 6) is 1.81. The van der Waals surface area contributed by atoms with E-state index in [1.54, 1.807) is 45.4 Å². The molecule has 0 spiro atoms. The van der Waals surface area contributed by atoms with Gasteiger partial charge in [0.25, 0.3) is 0 Å². The van der Waals surface area contributed by atoms with E-state index in [4.69, 9.17) is 14.2 Å². The highest BCUT2D eigenvalue weighted by Gasteiger charge is 2.34. The maximum Gasteiger partial charge on any atom is 0.232 e. The lowest BCUT2D eigenvalue weighted by Crippen LogP contribution is -3.04. The number of carbonyl (C=O) groups is 1. The number of aromatic hydroxyl groups is 1. The minimum atomic E-state index is -0.188. The fourth-order valence-corrected chi connectivity index (χ4v) is 3.20. The van der Waals surface area contributed by atoms with Gasteiger partial charge in [0.05, 0.1) is 39.4 Å². The van der Waals surface area contributed by atoms with E-state index in [0.29, 0.717) is 40.5 Å². The number of ketones is 1. The molecule has 0 aromatic heterocycles. The van der Waals surface area contributed by atoms with Crippen LogP contribution in [0, 0.1) is 6.92 Å². The van der Waals surface area contributed by atoms with Crippen LogP contribution in [-0.2, 0) is 6.54 Å². The van der Waals surface area contributed by atoms with E-state index in [-0.39, 0.29) is 17.3 Å². The van der Waals surface area contributed by atoms with E-state index < -0.39 is 0 Å². The number of hydrogen-bond acceptors (Lipinski definition) is 5. The van der Waals surface area contributed by atoms with Crippen LogP contribution in [0.1, 0.15) is 27.0 Å². The monoisotopic (exact) mass is 370 g/mol. The molecule has 0 atom stereocenters. The van der Waals surface area contributed by atoms with Crippen LogP contribution in [0.3, 0.4) is 0 Å². The molecule has 0 aliphatic carbocycles. The van der Waals surface area contributed by atoms with E-state index in [1.807, 2.05) is 20.2 Å². The van der Waals surface area contributed by atoms with Crippen molar-refractivity contribution in [2.75, 3.05) is 28.3 Å². The number of methoxy groups -OCH3 is 2. The Hall–Kier alpha value is -2.99. The van der Waals surface area contributed by atoms with Gasteiger partial charge in [0, 0.05) is 0 Å². The molecule has 142 valence electrons. The topological polar surface area (TPSA) is 69.4 Å². The molecule has 6 heteroatoms. The number of phenols is 1. The lowest BCUT2D eigenvalue weighted by molar-refractivity contribution is -0.872. The molecule has 1 heterocycles. The molecule has 2 N–H and O–H groups in total. The van der Waals surface area contributed by atoms with Gasteiger partial charge in [-0.1, -0.05) is 6.07 Å². The third-order valence-electron chi connectivity index (χ3n) is 4.46. The molecular formula is C21H24NO5+. The molecule has 3 rings (SSSR count). The largest absolute Gasteiger partial charge is 0.507 e. The molecule has 1 aliphatic heterocycles. The molecule has 0 saturated heterocycles. The Labute approximate surface area is 158 Å². The van der Waals surface area contributed by atoms with Gasteiger partial charge >= 0.3 is 0 Å². The Bertz CT molecular complexity index is 931. The number of ether oxygens (including phenoxy) is 3. The minimum Gasteiger partial charge on any atom is -0.507 e. The first-order valence-electron chi connectivity index (χ1n) is 8.66. The lowest BCUT2D eigenvalue weighted by Gasteiger charge is -2.13. The van der Waals surface area contributed by atoms with Gasteiger partial charge in [-0.2, -0.15) is 0 Å². The second-order valence-corrected chi connectivity index (χ2v) is 6.83. The van der Waals surface area contributed by atoms with Gasteiger partial charge in [-0.05, 0) is 42.3 Å². The van der Waals surface area contributed by atoms with Gasteiger partial charge in [-0.15, -0.1) is 0 Å². The van der Waals surface area contributed by atoms with Crippen molar-refractivity contribution in [1.82, 2.24) is 0 Å². The second-order valence-electron chi connectivity index (χ2n) is 6.83. The maximum absolute atomic E-state index is 12.9. The lowest BCUT2D eigenvalue weighted by atomic mass is 9.99. The fraction of sp³-hybridized carbons (Fsp3) is 0.286. The molecule has 2 aromatic carbocycles. The molecule has 6 nitrogen and oxygen atoms in total. The van der Waals surface area contributed by atoms with Gasteiger partial charge < -0.3 is 24.2 Å². The molecular weight excluding hydrogens is 346 g/mol. The predicted molar refractivity (Wildman–Crippen MR) is 102 cm³/mol. The zero-order chi connectivity index (χ0) is 19.7. The highest BCUT2D eigenvalue weighted by molar-refractivity contribution is 6.15. The summed E-state index contributed by atoms with van der Waals surface area (Å²) in [6.45, 7) is 2.34. The molecule has 27 heavy (non-hydrogen) atoms. The predicted octanol–water partition coefficient (Wildman–Crippen LogP) is 1.98. The van der Waals surface area contributed by atoms with E-state index in [0.717, 1.165) is 10.5 Å². The van der Waals surface area contributed by atoms with Crippen molar-refractivity contribution in [2.24, 2.45) is 0 Å². The van der Waals surface area contributed by atoms with Crippen LogP contribution >= 0.6 is 0 Å². The highest BCUT2D eigenvalue weighted by atomic mass is 16.5. The standard InChI is InChI=1S/C21H23NO5/c1-12-8-15(23)14(11-22(2)3)21-19(12)20(24)18(27-21)10-13-6-7-16(25-4)17(9-13)26-5/h6-10,23H,11H2,1-5H3/p+1/b18-10-. The molecule has 0 unspecified atom stereocenters. The van der Waals surface area contributed by atoms with E-state index in [1.165, 1.54) is 0 Å². The highest BCUT2D eigenvalue weighted by Crippen LogP contribution is 2.41. The summed E-state index contributed by atoms with van der Waals surface area (Å²) in [6.07, 6.45) is 1.67. The van der Waals surface area contributed by atoms with Crippen LogP contribution in [0.15, 0.2) is 30.0 Å². The Balaban J connectivity index is 2.04. The number of nitrogens with one attached hydrogen (secondary N) is 1. The number of aryl methyl sites for hydroxylation is 1. The normalized spacial score (nSPS) is 14.4. The van der Waals surface area contributed by atoms with Crippen molar-refractivity contribution in [3.63, 3.8) is 0 Å². The number of hydrogen-bond donors (Lipinski definition) is 2. The number of carbonyl (C=O) groups excluding carboxylic acids is 1. The van der Waals surface area contributed by atoms with Gasteiger partial charge in [-0.3, -0.25) is 4.79 Å². The van der Waals surface area contributed by atoms with Crippen molar-refractivity contribution in [3.8, 4) is 23.0 Å². The van der Waals surface area contributed by atoms with Crippen LogP contribution in [-0.4, -0.2) is 39.2 Å². The molecule has 0 radical (unpaired) electrons. The summed E-state index contributed by atoms with van der Waals surface area (Å²) in [6, 6.07) is 7.00. The SMILES string of the molecule is COc1ccc(/C=C2\Oc3c(C[NH+](C)C)c(O)cc(C)c3C2=O)cc1OC. The zero-order valence-corrected chi connectivity index (χ0v) is 16.2. The first-order chi connectivity index (χ1) is 12.8. The first-order valence-corrected chi connectivity index (χ1v) is 8.66. The fourth-order valence-electron chi connectivity index (χ4n) is 3.20. The average molecular weight is 370 g/mol. The molecule has 1 aliphatic rings. The summed E-state index contributed by atoms with van der Waals surface area (Å²) in [5.41, 5.74) is 2.60.